The summed E-state index contributed by atoms with van der Waals surface area (Å²) in [6.07, 6.45) is -2.84. The topological polar surface area (TPSA) is 86.0 Å². The number of carbonyl (C=O) groups excluding carboxylic acids is 1. The number of alkyl halides is 3. The number of imidazole rings is 1. The molecule has 3 aromatic rings. The van der Waals surface area contributed by atoms with Crippen molar-refractivity contribution in [3.63, 3.8) is 0 Å². The van der Waals surface area contributed by atoms with Gasteiger partial charge in [0.05, 0.1) is 22.9 Å². The Hall–Kier alpha value is -3.75. The van der Waals surface area contributed by atoms with E-state index in [0.29, 0.717) is 44.4 Å². The summed E-state index contributed by atoms with van der Waals surface area (Å²) in [5.41, 5.74) is 1.27. The van der Waals surface area contributed by atoms with Gasteiger partial charge in [-0.2, -0.15) is 18.4 Å². The summed E-state index contributed by atoms with van der Waals surface area (Å²) >= 11 is 0. The molecule has 2 N–H and O–H groups in total. The number of benzene rings is 2. The highest BCUT2D eigenvalue weighted by molar-refractivity contribution is 5.82. The fraction of sp³-hybridized carbons (Fsp3) is 0.346. The van der Waals surface area contributed by atoms with Gasteiger partial charge in [-0.15, -0.1) is 0 Å². The van der Waals surface area contributed by atoms with Crippen LogP contribution in [-0.2, 0) is 30.6 Å². The molecule has 1 unspecified atom stereocenters. The molecule has 0 saturated carbocycles. The molecule has 0 spiro atoms. The Bertz CT molecular complexity index is 1300. The average molecular weight is 515 g/mol. The van der Waals surface area contributed by atoms with Gasteiger partial charge in [0.15, 0.2) is 0 Å². The maximum atomic E-state index is 14.1. The van der Waals surface area contributed by atoms with Gasteiger partial charge in [0.1, 0.15) is 17.7 Å². The molecule has 1 aliphatic rings. The SMILES string of the molecule is Cc1ncc(CN2CCNCC2C(=O)NCc2cc(C(F)(F)F)ccc2F)n1Cc1ccc(C#N)cc1. The van der Waals surface area contributed by atoms with Crippen molar-refractivity contribution in [2.45, 2.75) is 38.8 Å². The first-order chi connectivity index (χ1) is 17.7. The first-order valence-electron chi connectivity index (χ1n) is 11.7. The minimum absolute atomic E-state index is 0.227. The molecule has 1 aliphatic heterocycles. The summed E-state index contributed by atoms with van der Waals surface area (Å²) in [6, 6.07) is 10.9. The summed E-state index contributed by atoms with van der Waals surface area (Å²) in [5, 5.41) is 14.8. The predicted molar refractivity (Wildman–Crippen MR) is 128 cm³/mol. The van der Waals surface area contributed by atoms with Gasteiger partial charge in [-0.1, -0.05) is 12.1 Å². The van der Waals surface area contributed by atoms with Crippen molar-refractivity contribution in [3.8, 4) is 6.07 Å². The monoisotopic (exact) mass is 514 g/mol. The Morgan fingerprint density at radius 3 is 2.68 bits per heavy atom. The van der Waals surface area contributed by atoms with E-state index in [0.717, 1.165) is 29.2 Å². The lowest BCUT2D eigenvalue weighted by Gasteiger charge is -2.35. The molecule has 2 aromatic carbocycles. The van der Waals surface area contributed by atoms with Gasteiger partial charge >= 0.3 is 6.18 Å². The fourth-order valence-electron chi connectivity index (χ4n) is 4.31. The highest BCUT2D eigenvalue weighted by Crippen LogP contribution is 2.30. The average Bonchev–Trinajstić information content (AvgIpc) is 3.22. The lowest BCUT2D eigenvalue weighted by atomic mass is 10.1. The molecule has 1 fully saturated rings. The van der Waals surface area contributed by atoms with Crippen LogP contribution in [0.15, 0.2) is 48.7 Å². The number of rotatable bonds is 7. The van der Waals surface area contributed by atoms with Crippen molar-refractivity contribution >= 4 is 5.91 Å². The summed E-state index contributed by atoms with van der Waals surface area (Å²) in [5.74, 6) is -0.413. The molecule has 11 heteroatoms. The number of piperazine rings is 1. The fourth-order valence-corrected chi connectivity index (χ4v) is 4.31. The molecule has 2 heterocycles. The van der Waals surface area contributed by atoms with Gasteiger partial charge in [-0.25, -0.2) is 9.37 Å². The number of aromatic nitrogens is 2. The van der Waals surface area contributed by atoms with Gasteiger partial charge in [0.2, 0.25) is 5.91 Å². The van der Waals surface area contributed by atoms with E-state index in [-0.39, 0.29) is 12.1 Å². The van der Waals surface area contributed by atoms with Gasteiger partial charge in [-0.3, -0.25) is 9.69 Å². The van der Waals surface area contributed by atoms with Crippen LogP contribution in [0.3, 0.4) is 0 Å². The minimum Gasteiger partial charge on any atom is -0.351 e. The molecule has 0 aliphatic carbocycles. The van der Waals surface area contributed by atoms with Crippen LogP contribution in [0, 0.1) is 24.1 Å². The molecule has 0 bridgehead atoms. The van der Waals surface area contributed by atoms with Gasteiger partial charge in [-0.05, 0) is 42.8 Å². The maximum Gasteiger partial charge on any atom is 0.416 e. The van der Waals surface area contributed by atoms with E-state index in [4.69, 9.17) is 5.26 Å². The second-order valence-electron chi connectivity index (χ2n) is 8.90. The predicted octanol–water partition coefficient (Wildman–Crippen LogP) is 3.36. The molecule has 7 nitrogen and oxygen atoms in total. The molecule has 194 valence electrons. The lowest BCUT2D eigenvalue weighted by molar-refractivity contribution is -0.137. The Balaban J connectivity index is 1.45. The highest BCUT2D eigenvalue weighted by atomic mass is 19.4. The van der Waals surface area contributed by atoms with Crippen LogP contribution in [0.5, 0.6) is 0 Å². The zero-order valence-corrected chi connectivity index (χ0v) is 20.1. The number of nitrogens with zero attached hydrogens (tertiary/aromatic N) is 4. The Morgan fingerprint density at radius 2 is 1.97 bits per heavy atom. The number of nitriles is 1. The van der Waals surface area contributed by atoms with Gasteiger partial charge < -0.3 is 15.2 Å². The molecule has 1 atom stereocenters. The van der Waals surface area contributed by atoms with Crippen LogP contribution >= 0.6 is 0 Å². The van der Waals surface area contributed by atoms with Crippen LogP contribution in [0.1, 0.15) is 33.8 Å². The van der Waals surface area contributed by atoms with Crippen LogP contribution in [0.4, 0.5) is 17.6 Å². The molecule has 1 saturated heterocycles. The number of aryl methyl sites for hydroxylation is 1. The number of hydrogen-bond acceptors (Lipinski definition) is 5. The van der Waals surface area contributed by atoms with Crippen LogP contribution < -0.4 is 10.6 Å². The number of amides is 1. The van der Waals surface area contributed by atoms with Crippen molar-refractivity contribution in [2.75, 3.05) is 19.6 Å². The van der Waals surface area contributed by atoms with Gasteiger partial charge in [0.25, 0.3) is 0 Å². The largest absolute Gasteiger partial charge is 0.416 e. The number of halogens is 4. The molecule has 37 heavy (non-hydrogen) atoms. The molecular weight excluding hydrogens is 488 g/mol. The third-order valence-corrected chi connectivity index (χ3v) is 6.41. The van der Waals surface area contributed by atoms with E-state index in [9.17, 15) is 22.4 Å². The summed E-state index contributed by atoms with van der Waals surface area (Å²) < 4.78 is 55.2. The van der Waals surface area contributed by atoms with E-state index >= 15 is 0 Å². The summed E-state index contributed by atoms with van der Waals surface area (Å²) in [7, 11) is 0. The number of hydrogen-bond donors (Lipinski definition) is 2. The summed E-state index contributed by atoms with van der Waals surface area (Å²) in [4.78, 5) is 19.4. The Morgan fingerprint density at radius 1 is 1.22 bits per heavy atom. The Kier molecular flexibility index (Phi) is 7.90. The number of carbonyl (C=O) groups is 1. The highest BCUT2D eigenvalue weighted by Gasteiger charge is 2.32. The summed E-state index contributed by atoms with van der Waals surface area (Å²) in [6.45, 7) is 4.08. The second-order valence-corrected chi connectivity index (χ2v) is 8.90. The van der Waals surface area contributed by atoms with E-state index < -0.39 is 29.5 Å². The van der Waals surface area contributed by atoms with Crippen LogP contribution in [0.2, 0.25) is 0 Å². The van der Waals surface area contributed by atoms with Crippen molar-refractivity contribution in [1.82, 2.24) is 25.1 Å². The number of nitrogens with one attached hydrogen (secondary N) is 2. The van der Waals surface area contributed by atoms with Crippen molar-refractivity contribution in [1.29, 1.82) is 5.26 Å². The van der Waals surface area contributed by atoms with E-state index in [1.54, 1.807) is 18.3 Å². The minimum atomic E-state index is -4.60. The zero-order chi connectivity index (χ0) is 26.6. The van der Waals surface area contributed by atoms with Crippen molar-refractivity contribution in [3.05, 3.63) is 88.3 Å². The first kappa shape index (κ1) is 26.3. The Labute approximate surface area is 211 Å². The molecule has 1 aromatic heterocycles. The van der Waals surface area contributed by atoms with Gasteiger partial charge in [0, 0.05) is 51.0 Å². The van der Waals surface area contributed by atoms with Crippen molar-refractivity contribution in [2.24, 2.45) is 0 Å². The third-order valence-electron chi connectivity index (χ3n) is 6.41. The molecule has 0 radical (unpaired) electrons. The standard InChI is InChI=1S/C26H26F4N6O/c1-17-33-13-22(36(17)15-19-4-2-18(11-31)3-5-19)16-35-9-8-32-14-24(35)25(37)34-12-20-10-21(26(28,29)30)6-7-23(20)27/h2-7,10,13,24,32H,8-9,12,14-16H2,1H3,(H,34,37). The van der Waals surface area contributed by atoms with E-state index in [1.165, 1.54) is 0 Å². The van der Waals surface area contributed by atoms with E-state index in [2.05, 4.69) is 21.7 Å². The maximum absolute atomic E-state index is 14.1. The van der Waals surface area contributed by atoms with Crippen LogP contribution in [-0.4, -0.2) is 46.0 Å². The normalized spacial score (nSPS) is 16.4. The lowest BCUT2D eigenvalue weighted by Crippen LogP contribution is -2.57. The second kappa shape index (κ2) is 11.1. The zero-order valence-electron chi connectivity index (χ0n) is 20.1. The van der Waals surface area contributed by atoms with E-state index in [1.807, 2.05) is 28.5 Å². The molecular formula is C26H26F4N6O. The smallest absolute Gasteiger partial charge is 0.351 e. The third kappa shape index (κ3) is 6.34. The van der Waals surface area contributed by atoms with Crippen molar-refractivity contribution < 1.29 is 22.4 Å². The molecule has 1 amide bonds. The van der Waals surface area contributed by atoms with Crippen LogP contribution in [0.25, 0.3) is 0 Å². The first-order valence-corrected chi connectivity index (χ1v) is 11.7. The molecule has 4 rings (SSSR count). The quantitative estimate of drug-likeness (QED) is 0.473.